The average molecular weight is 368 g/mol. The second-order valence-electron chi connectivity index (χ2n) is 6.92. The summed E-state index contributed by atoms with van der Waals surface area (Å²) in [5.74, 6) is -0.316. The van der Waals surface area contributed by atoms with Gasteiger partial charge < -0.3 is 9.88 Å². The first kappa shape index (κ1) is 18.5. The lowest BCUT2D eigenvalue weighted by Crippen LogP contribution is -2.23. The Bertz CT molecular complexity index is 833. The largest absolute Gasteiger partial charge is 0.347 e. The summed E-state index contributed by atoms with van der Waals surface area (Å²) in [5.41, 5.74) is 3.48. The third-order valence-corrected chi connectivity index (χ3v) is 6.01. The number of amides is 1. The molecule has 1 N–H and O–H groups in total. The zero-order valence-electron chi connectivity index (χ0n) is 15.4. The molecule has 0 spiro atoms. The third-order valence-electron chi connectivity index (χ3n) is 5.13. The molecule has 0 aliphatic heterocycles. The minimum Gasteiger partial charge on any atom is -0.347 e. The summed E-state index contributed by atoms with van der Waals surface area (Å²) in [6.45, 7) is 4.66. The lowest BCUT2D eigenvalue weighted by Gasteiger charge is -2.26. The number of hydrogen-bond donors (Lipinski definition) is 1. The fourth-order valence-electron chi connectivity index (χ4n) is 3.83. The van der Waals surface area contributed by atoms with Gasteiger partial charge in [-0.3, -0.25) is 4.79 Å². The maximum Gasteiger partial charge on any atom is 0.262 e. The third kappa shape index (κ3) is 4.08. The molecule has 0 bridgehead atoms. The van der Waals surface area contributed by atoms with Crippen LogP contribution in [0.25, 0.3) is 6.08 Å². The van der Waals surface area contributed by atoms with Crippen molar-refractivity contribution in [3.8, 4) is 6.07 Å². The van der Waals surface area contributed by atoms with Crippen LogP contribution < -0.4 is 5.32 Å². The van der Waals surface area contributed by atoms with Crippen molar-refractivity contribution in [2.45, 2.75) is 58.5 Å². The Hall–Kier alpha value is -2.32. The smallest absolute Gasteiger partial charge is 0.262 e. The summed E-state index contributed by atoms with van der Waals surface area (Å²) >= 11 is 1.59. The molecule has 3 rings (SSSR count). The van der Waals surface area contributed by atoms with Crippen molar-refractivity contribution < 1.29 is 4.79 Å². The van der Waals surface area contributed by atoms with E-state index in [-0.39, 0.29) is 11.5 Å². The maximum absolute atomic E-state index is 12.4. The van der Waals surface area contributed by atoms with Crippen molar-refractivity contribution in [3.05, 3.63) is 51.0 Å². The van der Waals surface area contributed by atoms with Gasteiger partial charge in [-0.25, -0.2) is 0 Å². The molecule has 1 aliphatic carbocycles. The summed E-state index contributed by atoms with van der Waals surface area (Å²) < 4.78 is 2.39. The molecule has 0 radical (unpaired) electrons. The van der Waals surface area contributed by atoms with Crippen LogP contribution in [0.1, 0.15) is 60.0 Å². The van der Waals surface area contributed by atoms with Crippen LogP contribution in [0.4, 0.5) is 0 Å². The van der Waals surface area contributed by atoms with E-state index in [1.165, 1.54) is 37.8 Å². The van der Waals surface area contributed by atoms with E-state index < -0.39 is 0 Å². The molecular weight excluding hydrogens is 342 g/mol. The normalized spacial score (nSPS) is 15.7. The molecule has 5 heteroatoms. The fraction of sp³-hybridized carbons (Fsp3) is 0.429. The highest BCUT2D eigenvalue weighted by molar-refractivity contribution is 7.09. The molecule has 1 saturated carbocycles. The van der Waals surface area contributed by atoms with Crippen LogP contribution >= 0.6 is 11.3 Å². The van der Waals surface area contributed by atoms with Gasteiger partial charge in [-0.05, 0) is 55.8 Å². The molecule has 1 amide bonds. The van der Waals surface area contributed by atoms with E-state index in [0.717, 1.165) is 16.1 Å². The predicted octanol–water partition coefficient (Wildman–Crippen LogP) is 4.90. The lowest BCUT2D eigenvalue weighted by molar-refractivity contribution is -0.117. The number of hydrogen-bond acceptors (Lipinski definition) is 3. The summed E-state index contributed by atoms with van der Waals surface area (Å²) in [4.78, 5) is 13.4. The topological polar surface area (TPSA) is 57.8 Å². The van der Waals surface area contributed by atoms with Crippen LogP contribution in [0.15, 0.2) is 29.2 Å². The van der Waals surface area contributed by atoms with Crippen molar-refractivity contribution in [2.24, 2.45) is 0 Å². The van der Waals surface area contributed by atoms with Crippen molar-refractivity contribution in [3.63, 3.8) is 0 Å². The monoisotopic (exact) mass is 367 g/mol. The Labute approximate surface area is 159 Å². The van der Waals surface area contributed by atoms with Gasteiger partial charge in [0.15, 0.2) is 0 Å². The first-order valence-corrected chi connectivity index (χ1v) is 10.1. The number of nitrogens with zero attached hydrogens (tertiary/aromatic N) is 2. The summed E-state index contributed by atoms with van der Waals surface area (Å²) in [6, 6.07) is 8.62. The average Bonchev–Trinajstić information content (AvgIpc) is 3.26. The Kier molecular flexibility index (Phi) is 5.95. The lowest BCUT2D eigenvalue weighted by atomic mass is 9.95. The number of rotatable bonds is 5. The highest BCUT2D eigenvalue weighted by Gasteiger charge is 2.20. The minimum atomic E-state index is -0.316. The molecule has 2 aromatic rings. The van der Waals surface area contributed by atoms with Crippen LogP contribution in [0.2, 0.25) is 0 Å². The highest BCUT2D eigenvalue weighted by Crippen LogP contribution is 2.32. The van der Waals surface area contributed by atoms with Crippen LogP contribution in [0, 0.1) is 25.2 Å². The molecule has 1 fully saturated rings. The molecule has 0 atom stereocenters. The summed E-state index contributed by atoms with van der Waals surface area (Å²) in [6.07, 6.45) is 8.04. The Balaban J connectivity index is 1.78. The molecule has 136 valence electrons. The van der Waals surface area contributed by atoms with E-state index in [1.807, 2.05) is 17.5 Å². The van der Waals surface area contributed by atoms with Gasteiger partial charge in [-0.2, -0.15) is 5.26 Å². The maximum atomic E-state index is 12.4. The van der Waals surface area contributed by atoms with Crippen molar-refractivity contribution in [1.29, 1.82) is 5.26 Å². The zero-order valence-corrected chi connectivity index (χ0v) is 16.2. The molecule has 0 aromatic carbocycles. The number of nitrogens with one attached hydrogen (secondary N) is 1. The number of aryl methyl sites for hydroxylation is 1. The molecular formula is C21H25N3OS. The second-order valence-corrected chi connectivity index (χ2v) is 7.95. The van der Waals surface area contributed by atoms with Gasteiger partial charge in [0.2, 0.25) is 0 Å². The van der Waals surface area contributed by atoms with E-state index >= 15 is 0 Å². The van der Waals surface area contributed by atoms with Crippen molar-refractivity contribution >= 4 is 23.3 Å². The minimum absolute atomic E-state index is 0.158. The van der Waals surface area contributed by atoms with Crippen LogP contribution in [-0.2, 0) is 11.3 Å². The summed E-state index contributed by atoms with van der Waals surface area (Å²) in [5, 5.41) is 14.3. The van der Waals surface area contributed by atoms with E-state index in [0.29, 0.717) is 12.6 Å². The quantitative estimate of drug-likeness (QED) is 0.604. The standard InChI is InChI=1S/C21H25N3OS/c1-15-11-17(16(2)24(15)19-7-4-3-5-8-19)12-18(13-22)21(25)23-14-20-9-6-10-26-20/h6,9-12,19H,3-5,7-8,14H2,1-2H3,(H,23,25). The number of thiophene rings is 1. The molecule has 0 unspecified atom stereocenters. The van der Waals surface area contributed by atoms with Gasteiger partial charge in [0.1, 0.15) is 11.6 Å². The van der Waals surface area contributed by atoms with Crippen LogP contribution in [-0.4, -0.2) is 10.5 Å². The molecule has 2 aromatic heterocycles. The van der Waals surface area contributed by atoms with Crippen molar-refractivity contribution in [2.75, 3.05) is 0 Å². The molecule has 4 nitrogen and oxygen atoms in total. The van der Waals surface area contributed by atoms with Gasteiger partial charge in [0.25, 0.3) is 5.91 Å². The number of carbonyl (C=O) groups excluding carboxylic acids is 1. The Morgan fingerprint density at radius 3 is 2.81 bits per heavy atom. The van der Waals surface area contributed by atoms with E-state index in [4.69, 9.17) is 0 Å². The second kappa shape index (κ2) is 8.37. The zero-order chi connectivity index (χ0) is 18.5. The summed E-state index contributed by atoms with van der Waals surface area (Å²) in [7, 11) is 0. The number of carbonyl (C=O) groups is 1. The van der Waals surface area contributed by atoms with Gasteiger partial charge in [0.05, 0.1) is 6.54 Å². The predicted molar refractivity (Wildman–Crippen MR) is 106 cm³/mol. The van der Waals surface area contributed by atoms with Crippen LogP contribution in [0.3, 0.4) is 0 Å². The van der Waals surface area contributed by atoms with Gasteiger partial charge >= 0.3 is 0 Å². The van der Waals surface area contributed by atoms with Crippen molar-refractivity contribution in [1.82, 2.24) is 9.88 Å². The van der Waals surface area contributed by atoms with E-state index in [1.54, 1.807) is 17.4 Å². The fourth-order valence-corrected chi connectivity index (χ4v) is 4.47. The molecule has 0 saturated heterocycles. The van der Waals surface area contributed by atoms with Gasteiger partial charge in [0, 0.05) is 22.3 Å². The first-order chi connectivity index (χ1) is 12.6. The number of aromatic nitrogens is 1. The molecule has 26 heavy (non-hydrogen) atoms. The Morgan fingerprint density at radius 2 is 2.15 bits per heavy atom. The highest BCUT2D eigenvalue weighted by atomic mass is 32.1. The van der Waals surface area contributed by atoms with Gasteiger partial charge in [-0.1, -0.05) is 25.3 Å². The Morgan fingerprint density at radius 1 is 1.38 bits per heavy atom. The van der Waals surface area contributed by atoms with E-state index in [9.17, 15) is 10.1 Å². The van der Waals surface area contributed by atoms with E-state index in [2.05, 4.69) is 35.9 Å². The SMILES string of the molecule is Cc1cc(C=C(C#N)C(=O)NCc2cccs2)c(C)n1C1CCCCC1. The molecule has 2 heterocycles. The van der Waals surface area contributed by atoms with Crippen LogP contribution in [0.5, 0.6) is 0 Å². The first-order valence-electron chi connectivity index (χ1n) is 9.21. The molecule has 1 aliphatic rings. The number of nitriles is 1. The van der Waals surface area contributed by atoms with Gasteiger partial charge in [-0.15, -0.1) is 11.3 Å².